The second kappa shape index (κ2) is 9.45. The molecule has 1 unspecified atom stereocenters. The lowest BCUT2D eigenvalue weighted by molar-refractivity contribution is -0.885. The molecule has 0 aliphatic rings. The minimum Gasteiger partial charge on any atom is -0.497 e. The Balaban J connectivity index is 1.68. The van der Waals surface area contributed by atoms with Crippen LogP contribution in [0.4, 0.5) is 5.69 Å². The van der Waals surface area contributed by atoms with Gasteiger partial charge in [0, 0.05) is 6.07 Å². The summed E-state index contributed by atoms with van der Waals surface area (Å²) in [5.74, 6) is 1.16. The minimum absolute atomic E-state index is 0.0928. The Kier molecular flexibility index (Phi) is 6.74. The highest BCUT2D eigenvalue weighted by atomic mass is 16.5. The number of anilines is 1. The van der Waals surface area contributed by atoms with Gasteiger partial charge in [-0.2, -0.15) is 5.10 Å². The van der Waals surface area contributed by atoms with Crippen LogP contribution in [0.2, 0.25) is 0 Å². The normalized spacial score (nSPS) is 11.8. The molecular weight excluding hydrogens is 380 g/mol. The van der Waals surface area contributed by atoms with Crippen LogP contribution in [0.5, 0.6) is 11.5 Å². The van der Waals surface area contributed by atoms with E-state index in [2.05, 4.69) is 12.2 Å². The molecule has 0 spiro atoms. The van der Waals surface area contributed by atoms with E-state index in [1.807, 2.05) is 49.0 Å². The van der Waals surface area contributed by atoms with E-state index >= 15 is 0 Å². The summed E-state index contributed by atoms with van der Waals surface area (Å²) in [6, 6.07) is 15.4. The molecule has 1 atom stereocenters. The predicted molar refractivity (Wildman–Crippen MR) is 117 cm³/mol. The first-order chi connectivity index (χ1) is 14.4. The fourth-order valence-electron chi connectivity index (χ4n) is 3.50. The number of carbonyl (C=O) groups is 1. The van der Waals surface area contributed by atoms with Crippen LogP contribution >= 0.6 is 0 Å². The molecule has 0 saturated carbocycles. The number of ether oxygens (including phenoxy) is 2. The number of rotatable bonds is 8. The number of nitrogens with zero attached hydrogens (tertiary/aromatic N) is 2. The maximum absolute atomic E-state index is 12.6. The molecule has 2 aromatic carbocycles. The maximum atomic E-state index is 12.6. The number of carbonyl (C=O) groups excluding carboxylic acids is 1. The zero-order chi connectivity index (χ0) is 21.7. The van der Waals surface area contributed by atoms with Crippen LogP contribution in [0.1, 0.15) is 17.0 Å². The van der Waals surface area contributed by atoms with Crippen LogP contribution in [-0.2, 0) is 11.3 Å². The SMILES string of the molecule is COc1ccc(OC)c(NC(=O)C[NH+](C)Cc2c(C)nn(-c3ccccc3)c2C)c1. The molecule has 3 rings (SSSR count). The summed E-state index contributed by atoms with van der Waals surface area (Å²) >= 11 is 0. The lowest BCUT2D eigenvalue weighted by atomic mass is 10.2. The number of nitrogens with one attached hydrogen (secondary N) is 2. The first-order valence-corrected chi connectivity index (χ1v) is 9.86. The van der Waals surface area contributed by atoms with Crippen molar-refractivity contribution < 1.29 is 19.2 Å². The third-order valence-electron chi connectivity index (χ3n) is 5.06. The third-order valence-corrected chi connectivity index (χ3v) is 5.06. The quantitative estimate of drug-likeness (QED) is 0.598. The van der Waals surface area contributed by atoms with Crippen LogP contribution < -0.4 is 19.7 Å². The molecule has 7 heteroatoms. The van der Waals surface area contributed by atoms with Crippen molar-refractivity contribution in [3.05, 3.63) is 65.5 Å². The highest BCUT2D eigenvalue weighted by Gasteiger charge is 2.19. The first kappa shape index (κ1) is 21.4. The van der Waals surface area contributed by atoms with Crippen LogP contribution in [0.25, 0.3) is 5.69 Å². The molecule has 1 aromatic heterocycles. The Morgan fingerprint density at radius 2 is 1.83 bits per heavy atom. The number of aromatic nitrogens is 2. The van der Waals surface area contributed by atoms with E-state index in [9.17, 15) is 4.79 Å². The van der Waals surface area contributed by atoms with Gasteiger partial charge in [-0.15, -0.1) is 0 Å². The Hall–Kier alpha value is -3.32. The van der Waals surface area contributed by atoms with E-state index < -0.39 is 0 Å². The number of hydrogen-bond acceptors (Lipinski definition) is 4. The second-order valence-corrected chi connectivity index (χ2v) is 7.32. The standard InChI is InChI=1S/C23H28N4O3/c1-16-20(17(2)27(25-16)18-9-7-6-8-10-18)14-26(3)15-23(28)24-21-13-19(29-4)11-12-22(21)30-5/h6-13H,14-15H2,1-5H3,(H,24,28)/p+1. The van der Waals surface area contributed by atoms with Crippen molar-refractivity contribution in [2.24, 2.45) is 0 Å². The van der Waals surface area contributed by atoms with E-state index in [4.69, 9.17) is 14.6 Å². The number of amides is 1. The van der Waals surface area contributed by atoms with Crippen LogP contribution in [0.15, 0.2) is 48.5 Å². The lowest BCUT2D eigenvalue weighted by Crippen LogP contribution is -3.08. The third kappa shape index (κ3) is 4.80. The average Bonchev–Trinajstić information content (AvgIpc) is 3.02. The molecule has 1 heterocycles. The lowest BCUT2D eigenvalue weighted by Gasteiger charge is -2.16. The van der Waals surface area contributed by atoms with Gasteiger partial charge >= 0.3 is 0 Å². The molecule has 2 N–H and O–H groups in total. The van der Waals surface area contributed by atoms with Gasteiger partial charge in [0.05, 0.1) is 49.6 Å². The number of quaternary nitrogens is 1. The molecular formula is C23H29N4O3+. The summed E-state index contributed by atoms with van der Waals surface area (Å²) in [5, 5.41) is 7.62. The molecule has 30 heavy (non-hydrogen) atoms. The number of para-hydroxylation sites is 1. The smallest absolute Gasteiger partial charge is 0.279 e. The van der Waals surface area contributed by atoms with Crippen molar-refractivity contribution in [3.8, 4) is 17.2 Å². The van der Waals surface area contributed by atoms with Gasteiger partial charge in [-0.05, 0) is 38.1 Å². The summed E-state index contributed by atoms with van der Waals surface area (Å²) in [6.07, 6.45) is 0. The van der Waals surface area contributed by atoms with Crippen LogP contribution in [-0.4, -0.2) is 43.5 Å². The van der Waals surface area contributed by atoms with E-state index in [0.29, 0.717) is 30.3 Å². The fourth-order valence-corrected chi connectivity index (χ4v) is 3.50. The summed E-state index contributed by atoms with van der Waals surface area (Å²) < 4.78 is 12.5. The molecule has 158 valence electrons. The molecule has 7 nitrogen and oxygen atoms in total. The average molecular weight is 410 g/mol. The van der Waals surface area contributed by atoms with Gasteiger partial charge in [0.25, 0.3) is 5.91 Å². The van der Waals surface area contributed by atoms with E-state index in [0.717, 1.165) is 27.5 Å². The molecule has 0 fully saturated rings. The number of likely N-dealkylation sites (N-methyl/N-ethyl adjacent to an activating group) is 1. The van der Waals surface area contributed by atoms with Gasteiger partial charge < -0.3 is 19.7 Å². The summed E-state index contributed by atoms with van der Waals surface area (Å²) in [7, 11) is 5.16. The monoisotopic (exact) mass is 409 g/mol. The van der Waals surface area contributed by atoms with Gasteiger partial charge in [-0.3, -0.25) is 4.79 Å². The second-order valence-electron chi connectivity index (χ2n) is 7.32. The molecule has 0 bridgehead atoms. The molecule has 0 aliphatic carbocycles. The molecule has 1 amide bonds. The number of aryl methyl sites for hydroxylation is 1. The van der Waals surface area contributed by atoms with Crippen molar-refractivity contribution in [2.75, 3.05) is 33.1 Å². The van der Waals surface area contributed by atoms with E-state index in [1.54, 1.807) is 32.4 Å². The molecule has 0 saturated heterocycles. The summed E-state index contributed by atoms with van der Waals surface area (Å²) in [6.45, 7) is 5.09. The van der Waals surface area contributed by atoms with Gasteiger partial charge in [-0.25, -0.2) is 4.68 Å². The first-order valence-electron chi connectivity index (χ1n) is 9.86. The maximum Gasteiger partial charge on any atom is 0.279 e. The highest BCUT2D eigenvalue weighted by molar-refractivity contribution is 5.93. The van der Waals surface area contributed by atoms with Gasteiger partial charge in [-0.1, -0.05) is 18.2 Å². The topological polar surface area (TPSA) is 69.8 Å². The van der Waals surface area contributed by atoms with Crippen LogP contribution in [0.3, 0.4) is 0 Å². The number of hydrogen-bond donors (Lipinski definition) is 2. The van der Waals surface area contributed by atoms with Crippen molar-refractivity contribution in [3.63, 3.8) is 0 Å². The molecule has 3 aromatic rings. The van der Waals surface area contributed by atoms with E-state index in [1.165, 1.54) is 0 Å². The summed E-state index contributed by atoms with van der Waals surface area (Å²) in [4.78, 5) is 13.7. The van der Waals surface area contributed by atoms with Crippen molar-refractivity contribution in [2.45, 2.75) is 20.4 Å². The van der Waals surface area contributed by atoms with Gasteiger partial charge in [0.1, 0.15) is 18.0 Å². The van der Waals surface area contributed by atoms with Crippen LogP contribution in [0, 0.1) is 13.8 Å². The Morgan fingerprint density at radius 1 is 1.10 bits per heavy atom. The Bertz CT molecular complexity index is 1010. The zero-order valence-electron chi connectivity index (χ0n) is 18.2. The Morgan fingerprint density at radius 3 is 2.50 bits per heavy atom. The van der Waals surface area contributed by atoms with E-state index in [-0.39, 0.29) is 5.91 Å². The molecule has 0 aliphatic heterocycles. The van der Waals surface area contributed by atoms with Gasteiger partial charge in [0.2, 0.25) is 0 Å². The highest BCUT2D eigenvalue weighted by Crippen LogP contribution is 2.28. The summed E-state index contributed by atoms with van der Waals surface area (Å²) in [5.41, 5.74) is 4.85. The van der Waals surface area contributed by atoms with Crippen molar-refractivity contribution >= 4 is 11.6 Å². The van der Waals surface area contributed by atoms with Crippen molar-refractivity contribution in [1.29, 1.82) is 0 Å². The predicted octanol–water partition coefficient (Wildman–Crippen LogP) is 2.16. The van der Waals surface area contributed by atoms with Crippen molar-refractivity contribution in [1.82, 2.24) is 9.78 Å². The van der Waals surface area contributed by atoms with Gasteiger partial charge in [0.15, 0.2) is 6.54 Å². The minimum atomic E-state index is -0.0928. The zero-order valence-corrected chi connectivity index (χ0v) is 18.2. The number of benzene rings is 2. The molecule has 0 radical (unpaired) electrons. The Labute approximate surface area is 177 Å². The fraction of sp³-hybridized carbons (Fsp3) is 0.304. The largest absolute Gasteiger partial charge is 0.497 e. The number of methoxy groups -OCH3 is 2.